The van der Waals surface area contributed by atoms with E-state index in [2.05, 4.69) is 0 Å². The van der Waals surface area contributed by atoms with Gasteiger partial charge in [0.2, 0.25) is 0 Å². The van der Waals surface area contributed by atoms with Crippen LogP contribution in [0, 0.1) is 5.92 Å². The molecular weight excluding hydrogens is 248 g/mol. The standard InChI is InChI=1S/C15H19ClO2/c1-10(15(17)11-5-3-4-6-11)12-7-8-14(18-2)13(16)9-12/h7-11H,3-6H2,1-2H3. The summed E-state index contributed by atoms with van der Waals surface area (Å²) in [5, 5.41) is 0.570. The van der Waals surface area contributed by atoms with Crippen LogP contribution in [0.2, 0.25) is 5.02 Å². The highest BCUT2D eigenvalue weighted by atomic mass is 35.5. The van der Waals surface area contributed by atoms with Gasteiger partial charge < -0.3 is 4.74 Å². The molecule has 1 fully saturated rings. The second kappa shape index (κ2) is 5.75. The molecule has 0 amide bonds. The summed E-state index contributed by atoms with van der Waals surface area (Å²) in [6.07, 6.45) is 4.47. The highest BCUT2D eigenvalue weighted by Gasteiger charge is 2.27. The second-order valence-electron chi connectivity index (χ2n) is 5.00. The Bertz CT molecular complexity index is 436. The van der Waals surface area contributed by atoms with Crippen LogP contribution in [0.1, 0.15) is 44.1 Å². The molecule has 2 rings (SSSR count). The highest BCUT2D eigenvalue weighted by molar-refractivity contribution is 6.32. The van der Waals surface area contributed by atoms with Gasteiger partial charge in [0, 0.05) is 11.8 Å². The summed E-state index contributed by atoms with van der Waals surface area (Å²) >= 11 is 6.10. The average molecular weight is 267 g/mol. The van der Waals surface area contributed by atoms with E-state index in [4.69, 9.17) is 16.3 Å². The van der Waals surface area contributed by atoms with E-state index < -0.39 is 0 Å². The zero-order chi connectivity index (χ0) is 13.1. The van der Waals surface area contributed by atoms with Crippen LogP contribution in [0.15, 0.2) is 18.2 Å². The van der Waals surface area contributed by atoms with Gasteiger partial charge in [-0.3, -0.25) is 4.79 Å². The van der Waals surface area contributed by atoms with Crippen molar-refractivity contribution in [3.05, 3.63) is 28.8 Å². The maximum Gasteiger partial charge on any atom is 0.143 e. The smallest absolute Gasteiger partial charge is 0.143 e. The molecule has 1 aromatic carbocycles. The number of hydrogen-bond acceptors (Lipinski definition) is 2. The Labute approximate surface area is 113 Å². The van der Waals surface area contributed by atoms with Gasteiger partial charge in [-0.2, -0.15) is 0 Å². The lowest BCUT2D eigenvalue weighted by atomic mass is 9.88. The molecule has 1 atom stereocenters. The molecule has 1 unspecified atom stereocenters. The third-order valence-electron chi connectivity index (χ3n) is 3.86. The number of halogens is 1. The van der Waals surface area contributed by atoms with Crippen molar-refractivity contribution in [2.24, 2.45) is 5.92 Å². The molecule has 2 nitrogen and oxygen atoms in total. The number of ether oxygens (including phenoxy) is 1. The molecule has 3 heteroatoms. The van der Waals surface area contributed by atoms with Crippen molar-refractivity contribution in [3.8, 4) is 5.75 Å². The highest BCUT2D eigenvalue weighted by Crippen LogP contribution is 2.33. The molecule has 1 saturated carbocycles. The fraction of sp³-hybridized carbons (Fsp3) is 0.533. The van der Waals surface area contributed by atoms with Gasteiger partial charge in [-0.05, 0) is 30.5 Å². The molecule has 0 radical (unpaired) electrons. The molecule has 1 aromatic rings. The Kier molecular flexibility index (Phi) is 4.28. The fourth-order valence-electron chi connectivity index (χ4n) is 2.68. The molecule has 0 aliphatic heterocycles. The number of rotatable bonds is 4. The monoisotopic (exact) mass is 266 g/mol. The predicted molar refractivity (Wildman–Crippen MR) is 73.4 cm³/mol. The minimum atomic E-state index is -0.0727. The number of methoxy groups -OCH3 is 1. The first-order chi connectivity index (χ1) is 8.63. The Morgan fingerprint density at radius 2 is 2.06 bits per heavy atom. The lowest BCUT2D eigenvalue weighted by Crippen LogP contribution is -2.17. The van der Waals surface area contributed by atoms with Gasteiger partial charge in [-0.25, -0.2) is 0 Å². The van der Waals surface area contributed by atoms with Gasteiger partial charge in [0.05, 0.1) is 12.1 Å². The van der Waals surface area contributed by atoms with E-state index in [9.17, 15) is 4.79 Å². The first-order valence-corrected chi connectivity index (χ1v) is 6.88. The first-order valence-electron chi connectivity index (χ1n) is 6.50. The van der Waals surface area contributed by atoms with Crippen LogP contribution in [0.4, 0.5) is 0 Å². The summed E-state index contributed by atoms with van der Waals surface area (Å²) in [6.45, 7) is 1.97. The molecule has 1 aliphatic rings. The van der Waals surface area contributed by atoms with Gasteiger partial charge in [0.1, 0.15) is 11.5 Å². The predicted octanol–water partition coefficient (Wildman–Crippen LogP) is 4.21. The van der Waals surface area contributed by atoms with Crippen molar-refractivity contribution in [2.45, 2.75) is 38.5 Å². The molecule has 0 aromatic heterocycles. The minimum Gasteiger partial charge on any atom is -0.495 e. The fourth-order valence-corrected chi connectivity index (χ4v) is 2.95. The lowest BCUT2D eigenvalue weighted by Gasteiger charge is -2.16. The Morgan fingerprint density at radius 1 is 1.39 bits per heavy atom. The van der Waals surface area contributed by atoms with Gasteiger partial charge in [-0.15, -0.1) is 0 Å². The van der Waals surface area contributed by atoms with Crippen molar-refractivity contribution < 1.29 is 9.53 Å². The number of carbonyl (C=O) groups is 1. The Morgan fingerprint density at radius 3 is 2.61 bits per heavy atom. The molecule has 0 saturated heterocycles. The third-order valence-corrected chi connectivity index (χ3v) is 4.16. The summed E-state index contributed by atoms with van der Waals surface area (Å²) in [4.78, 5) is 12.3. The van der Waals surface area contributed by atoms with Crippen LogP contribution in [0.25, 0.3) is 0 Å². The van der Waals surface area contributed by atoms with E-state index in [1.165, 1.54) is 12.8 Å². The van der Waals surface area contributed by atoms with Crippen molar-refractivity contribution in [1.82, 2.24) is 0 Å². The summed E-state index contributed by atoms with van der Waals surface area (Å²) in [5.41, 5.74) is 0.984. The maximum atomic E-state index is 12.3. The number of hydrogen-bond donors (Lipinski definition) is 0. The summed E-state index contributed by atoms with van der Waals surface area (Å²) in [7, 11) is 1.59. The summed E-state index contributed by atoms with van der Waals surface area (Å²) < 4.78 is 5.12. The van der Waals surface area contributed by atoms with Crippen LogP contribution < -0.4 is 4.74 Å². The maximum absolute atomic E-state index is 12.3. The molecule has 0 spiro atoms. The van der Waals surface area contributed by atoms with Crippen molar-refractivity contribution >= 4 is 17.4 Å². The van der Waals surface area contributed by atoms with Crippen molar-refractivity contribution in [3.63, 3.8) is 0 Å². The van der Waals surface area contributed by atoms with Gasteiger partial charge >= 0.3 is 0 Å². The molecule has 1 aliphatic carbocycles. The van der Waals surface area contributed by atoms with Gasteiger partial charge in [0.25, 0.3) is 0 Å². The SMILES string of the molecule is COc1ccc(C(C)C(=O)C2CCCC2)cc1Cl. The summed E-state index contributed by atoms with van der Waals surface area (Å²) in [6, 6.07) is 5.61. The zero-order valence-corrected chi connectivity index (χ0v) is 11.7. The topological polar surface area (TPSA) is 26.3 Å². The van der Waals surface area contributed by atoms with E-state index >= 15 is 0 Å². The first kappa shape index (κ1) is 13.4. The normalized spacial score (nSPS) is 17.7. The van der Waals surface area contributed by atoms with Gasteiger partial charge in [0.15, 0.2) is 0 Å². The van der Waals surface area contributed by atoms with Crippen molar-refractivity contribution in [1.29, 1.82) is 0 Å². The van der Waals surface area contributed by atoms with Crippen LogP contribution in [0.3, 0.4) is 0 Å². The second-order valence-corrected chi connectivity index (χ2v) is 5.41. The minimum absolute atomic E-state index is 0.0727. The van der Waals surface area contributed by atoms with E-state index in [-0.39, 0.29) is 11.8 Å². The number of ketones is 1. The lowest BCUT2D eigenvalue weighted by molar-refractivity contribution is -0.123. The number of Topliss-reactive ketones (excluding diaryl/α,β-unsaturated/α-hetero) is 1. The van der Waals surface area contributed by atoms with E-state index in [1.807, 2.05) is 25.1 Å². The van der Waals surface area contributed by atoms with Crippen molar-refractivity contribution in [2.75, 3.05) is 7.11 Å². The van der Waals surface area contributed by atoms with Crippen LogP contribution in [-0.2, 0) is 4.79 Å². The molecule has 18 heavy (non-hydrogen) atoms. The average Bonchev–Trinajstić information content (AvgIpc) is 2.90. The van der Waals surface area contributed by atoms with E-state index in [0.29, 0.717) is 16.6 Å². The molecule has 0 bridgehead atoms. The number of carbonyl (C=O) groups excluding carboxylic acids is 1. The largest absolute Gasteiger partial charge is 0.495 e. The Hall–Kier alpha value is -1.02. The molecule has 0 heterocycles. The third kappa shape index (κ3) is 2.69. The van der Waals surface area contributed by atoms with E-state index in [1.54, 1.807) is 7.11 Å². The zero-order valence-electron chi connectivity index (χ0n) is 10.9. The van der Waals surface area contributed by atoms with Crippen LogP contribution >= 0.6 is 11.6 Å². The molecular formula is C15H19ClO2. The van der Waals surface area contributed by atoms with Gasteiger partial charge in [-0.1, -0.05) is 37.4 Å². The Balaban J connectivity index is 2.15. The quantitative estimate of drug-likeness (QED) is 0.816. The van der Waals surface area contributed by atoms with Crippen LogP contribution in [0.5, 0.6) is 5.75 Å². The van der Waals surface area contributed by atoms with E-state index in [0.717, 1.165) is 18.4 Å². The molecule has 98 valence electrons. The number of benzene rings is 1. The van der Waals surface area contributed by atoms with Crippen LogP contribution in [-0.4, -0.2) is 12.9 Å². The summed E-state index contributed by atoms with van der Waals surface area (Å²) in [5.74, 6) is 1.19. The molecule has 0 N–H and O–H groups in total.